The summed E-state index contributed by atoms with van der Waals surface area (Å²) in [7, 11) is 2.20. The fourth-order valence-corrected chi connectivity index (χ4v) is 3.29. The van der Waals surface area contributed by atoms with E-state index in [1.165, 1.54) is 29.8 Å². The van der Waals surface area contributed by atoms with Crippen LogP contribution in [0.4, 0.5) is 5.69 Å². The van der Waals surface area contributed by atoms with Crippen LogP contribution in [-0.2, 0) is 13.0 Å². The van der Waals surface area contributed by atoms with Gasteiger partial charge in [-0.2, -0.15) is 0 Å². The number of hydrogen-bond donors (Lipinski definition) is 0. The molecule has 3 rings (SSSR count). The van der Waals surface area contributed by atoms with Crippen molar-refractivity contribution in [3.05, 3.63) is 40.9 Å². The lowest BCUT2D eigenvalue weighted by molar-refractivity contribution is 0.313. The maximum absolute atomic E-state index is 2.39. The average molecular weight is 246 g/mol. The van der Waals surface area contributed by atoms with Crippen LogP contribution in [0.25, 0.3) is 0 Å². The normalized spacial score (nSPS) is 24.1. The quantitative estimate of drug-likeness (QED) is 0.752. The number of nitrogens with zero attached hydrogens (tertiary/aromatic N) is 2. The number of hydrogen-bond acceptors (Lipinski definition) is 3. The van der Waals surface area contributed by atoms with Crippen molar-refractivity contribution in [2.24, 2.45) is 0 Å². The Hall–Kier alpha value is -0.930. The molecule has 2 nitrogen and oxygen atoms in total. The predicted molar refractivity (Wildman–Crippen MR) is 75.2 cm³/mol. The fraction of sp³-hybridized carbons (Fsp3) is 0.429. The van der Waals surface area contributed by atoms with Crippen LogP contribution in [0.15, 0.2) is 29.8 Å². The third kappa shape index (κ3) is 2.09. The Morgan fingerprint density at radius 1 is 1.29 bits per heavy atom. The van der Waals surface area contributed by atoms with Crippen LogP contribution in [0.5, 0.6) is 0 Å². The van der Waals surface area contributed by atoms with Crippen LogP contribution >= 0.6 is 11.8 Å². The summed E-state index contributed by atoms with van der Waals surface area (Å²) in [6, 6.07) is 6.93. The van der Waals surface area contributed by atoms with Crippen molar-refractivity contribution >= 4 is 17.4 Å². The molecule has 0 aliphatic carbocycles. The van der Waals surface area contributed by atoms with E-state index in [0.29, 0.717) is 5.37 Å². The molecule has 0 fully saturated rings. The SMILES string of the molecule is CC1SC=CN1c1ccc2c(c1)CN(C)CC2. The highest BCUT2D eigenvalue weighted by atomic mass is 32.2. The summed E-state index contributed by atoms with van der Waals surface area (Å²) in [5, 5.41) is 2.70. The first-order valence-corrected chi connectivity index (χ1v) is 7.09. The minimum atomic E-state index is 0.523. The Labute approximate surface area is 107 Å². The van der Waals surface area contributed by atoms with Crippen molar-refractivity contribution in [3.8, 4) is 0 Å². The number of benzene rings is 1. The lowest BCUT2D eigenvalue weighted by Gasteiger charge is -2.28. The van der Waals surface area contributed by atoms with Gasteiger partial charge in [0.1, 0.15) is 0 Å². The molecule has 17 heavy (non-hydrogen) atoms. The molecule has 0 radical (unpaired) electrons. The van der Waals surface area contributed by atoms with Crippen molar-refractivity contribution in [1.29, 1.82) is 0 Å². The molecule has 1 atom stereocenters. The van der Waals surface area contributed by atoms with Crippen molar-refractivity contribution < 1.29 is 0 Å². The zero-order valence-electron chi connectivity index (χ0n) is 10.4. The Morgan fingerprint density at radius 2 is 2.18 bits per heavy atom. The van der Waals surface area contributed by atoms with E-state index in [1.54, 1.807) is 0 Å². The Kier molecular flexibility index (Phi) is 2.89. The van der Waals surface area contributed by atoms with Gasteiger partial charge in [-0.25, -0.2) is 0 Å². The third-order valence-corrected chi connectivity index (χ3v) is 4.48. The fourth-order valence-electron chi connectivity index (χ4n) is 2.54. The van der Waals surface area contributed by atoms with Crippen molar-refractivity contribution in [2.45, 2.75) is 25.3 Å². The molecule has 1 aromatic carbocycles. The molecule has 2 heterocycles. The van der Waals surface area contributed by atoms with Crippen molar-refractivity contribution in [3.63, 3.8) is 0 Å². The summed E-state index contributed by atoms with van der Waals surface area (Å²) in [4.78, 5) is 4.74. The molecule has 90 valence electrons. The van der Waals surface area contributed by atoms with E-state index >= 15 is 0 Å². The Bertz CT molecular complexity index is 456. The molecular formula is C14H18N2S. The zero-order valence-corrected chi connectivity index (χ0v) is 11.2. The monoisotopic (exact) mass is 246 g/mol. The first-order chi connectivity index (χ1) is 8.24. The summed E-state index contributed by atoms with van der Waals surface area (Å²) in [5.41, 5.74) is 4.34. The van der Waals surface area contributed by atoms with Gasteiger partial charge >= 0.3 is 0 Å². The van der Waals surface area contributed by atoms with Crippen LogP contribution in [-0.4, -0.2) is 23.9 Å². The summed E-state index contributed by atoms with van der Waals surface area (Å²) in [6.07, 6.45) is 3.37. The Morgan fingerprint density at radius 3 is 2.94 bits per heavy atom. The minimum absolute atomic E-state index is 0.523. The highest BCUT2D eigenvalue weighted by Gasteiger charge is 2.19. The van der Waals surface area contributed by atoms with Gasteiger partial charge in [0.05, 0.1) is 5.37 Å². The highest BCUT2D eigenvalue weighted by molar-refractivity contribution is 8.03. The number of likely N-dealkylation sites (N-methyl/N-ethyl adjacent to an activating group) is 1. The van der Waals surface area contributed by atoms with E-state index in [9.17, 15) is 0 Å². The second-order valence-corrected chi connectivity index (χ2v) is 6.10. The maximum Gasteiger partial charge on any atom is 0.0806 e. The van der Waals surface area contributed by atoms with E-state index in [4.69, 9.17) is 0 Å². The third-order valence-electron chi connectivity index (χ3n) is 3.58. The van der Waals surface area contributed by atoms with Gasteiger partial charge in [-0.3, -0.25) is 0 Å². The summed E-state index contributed by atoms with van der Waals surface area (Å²) in [6.45, 7) is 4.51. The summed E-state index contributed by atoms with van der Waals surface area (Å²) >= 11 is 1.87. The molecule has 0 bridgehead atoms. The van der Waals surface area contributed by atoms with Crippen LogP contribution in [0.1, 0.15) is 18.1 Å². The highest BCUT2D eigenvalue weighted by Crippen LogP contribution is 2.32. The number of rotatable bonds is 1. The topological polar surface area (TPSA) is 6.48 Å². The summed E-state index contributed by atoms with van der Waals surface area (Å²) in [5.74, 6) is 0. The van der Waals surface area contributed by atoms with Gasteiger partial charge in [0.15, 0.2) is 0 Å². The Balaban J connectivity index is 1.92. The van der Waals surface area contributed by atoms with E-state index in [1.807, 2.05) is 11.8 Å². The first kappa shape index (κ1) is 11.2. The van der Waals surface area contributed by atoms with Gasteiger partial charge in [-0.1, -0.05) is 6.07 Å². The van der Waals surface area contributed by atoms with Crippen LogP contribution in [0, 0.1) is 0 Å². The molecule has 1 unspecified atom stereocenters. The van der Waals surface area contributed by atoms with Crippen molar-refractivity contribution in [2.75, 3.05) is 18.5 Å². The molecule has 0 saturated carbocycles. The second kappa shape index (κ2) is 4.39. The van der Waals surface area contributed by atoms with Crippen molar-refractivity contribution in [1.82, 2.24) is 4.90 Å². The molecule has 3 heteroatoms. The molecular weight excluding hydrogens is 228 g/mol. The van der Waals surface area contributed by atoms with E-state index in [0.717, 1.165) is 6.54 Å². The maximum atomic E-state index is 2.39. The number of thioether (sulfide) groups is 1. The molecule has 2 aliphatic heterocycles. The summed E-state index contributed by atoms with van der Waals surface area (Å²) < 4.78 is 0. The van der Waals surface area contributed by atoms with Crippen LogP contribution in [0.2, 0.25) is 0 Å². The lowest BCUT2D eigenvalue weighted by Crippen LogP contribution is -2.27. The molecule has 0 aromatic heterocycles. The lowest BCUT2D eigenvalue weighted by atomic mass is 9.99. The molecule has 0 spiro atoms. The van der Waals surface area contributed by atoms with Gasteiger partial charge in [0.2, 0.25) is 0 Å². The van der Waals surface area contributed by atoms with Gasteiger partial charge in [0.25, 0.3) is 0 Å². The van der Waals surface area contributed by atoms with E-state index in [-0.39, 0.29) is 0 Å². The molecule has 2 aliphatic rings. The standard InChI is InChI=1S/C14H18N2S/c1-11-16(7-8-17-11)14-4-3-12-5-6-15(2)10-13(12)9-14/h3-4,7-9,11H,5-6,10H2,1-2H3. The first-order valence-electron chi connectivity index (χ1n) is 6.15. The zero-order chi connectivity index (χ0) is 11.8. The van der Waals surface area contributed by atoms with Gasteiger partial charge in [-0.15, -0.1) is 11.8 Å². The van der Waals surface area contributed by atoms with Gasteiger partial charge in [-0.05, 0) is 49.1 Å². The minimum Gasteiger partial charge on any atom is -0.335 e. The number of fused-ring (bicyclic) bond motifs is 1. The van der Waals surface area contributed by atoms with Gasteiger partial charge in [0, 0.05) is 25.0 Å². The smallest absolute Gasteiger partial charge is 0.0806 e. The predicted octanol–water partition coefficient (Wildman–Crippen LogP) is 3.04. The van der Waals surface area contributed by atoms with E-state index in [2.05, 4.69) is 53.6 Å². The second-order valence-electron chi connectivity index (χ2n) is 4.87. The molecule has 0 saturated heterocycles. The molecule has 0 N–H and O–H groups in total. The number of anilines is 1. The molecule has 0 amide bonds. The van der Waals surface area contributed by atoms with Crippen LogP contribution < -0.4 is 4.90 Å². The molecule has 1 aromatic rings. The van der Waals surface area contributed by atoms with E-state index < -0.39 is 0 Å². The average Bonchev–Trinajstić information content (AvgIpc) is 2.74. The van der Waals surface area contributed by atoms with Gasteiger partial charge < -0.3 is 9.80 Å². The van der Waals surface area contributed by atoms with Crippen LogP contribution in [0.3, 0.4) is 0 Å². The largest absolute Gasteiger partial charge is 0.335 e.